The van der Waals surface area contributed by atoms with E-state index in [9.17, 15) is 9.18 Å². The van der Waals surface area contributed by atoms with Gasteiger partial charge in [-0.3, -0.25) is 4.79 Å². The van der Waals surface area contributed by atoms with Gasteiger partial charge in [-0.15, -0.1) is 0 Å². The second-order valence-corrected chi connectivity index (χ2v) is 4.83. The Hall–Kier alpha value is -1.98. The number of nitrogens with two attached hydrogens (primary N) is 1. The predicted molar refractivity (Wildman–Crippen MR) is 78.6 cm³/mol. The number of ether oxygens (including phenoxy) is 1. The lowest BCUT2D eigenvalue weighted by Gasteiger charge is -2.23. The van der Waals surface area contributed by atoms with Crippen LogP contribution in [-0.4, -0.2) is 45.1 Å². The average Bonchev–Trinajstić information content (AvgIpc) is 2.37. The lowest BCUT2D eigenvalue weighted by Crippen LogP contribution is -2.34. The molecule has 1 aromatic rings. The highest BCUT2D eigenvalue weighted by Crippen LogP contribution is 2.30. The fraction of sp³-hybridized carbons (Fsp3) is 0.500. The van der Waals surface area contributed by atoms with E-state index in [1.165, 1.54) is 17.0 Å². The molecular formula is C14H22FN3O2. The topological polar surface area (TPSA) is 58.8 Å². The summed E-state index contributed by atoms with van der Waals surface area (Å²) in [5, 5.41) is 0. The molecule has 0 aliphatic rings. The van der Waals surface area contributed by atoms with Gasteiger partial charge in [0.05, 0.1) is 24.5 Å². The van der Waals surface area contributed by atoms with Gasteiger partial charge in [-0.1, -0.05) is 6.92 Å². The fourth-order valence-corrected chi connectivity index (χ4v) is 1.64. The molecule has 0 radical (unpaired) electrons. The minimum Gasteiger partial charge on any atom is -0.490 e. The highest BCUT2D eigenvalue weighted by atomic mass is 19.1. The molecule has 0 unspecified atom stereocenters. The van der Waals surface area contributed by atoms with Gasteiger partial charge in [0, 0.05) is 33.3 Å². The molecule has 0 atom stereocenters. The van der Waals surface area contributed by atoms with Crippen molar-refractivity contribution in [2.75, 3.05) is 44.9 Å². The lowest BCUT2D eigenvalue weighted by molar-refractivity contribution is -0.127. The van der Waals surface area contributed by atoms with Gasteiger partial charge in [0.2, 0.25) is 5.91 Å². The number of benzene rings is 1. The molecule has 0 bridgehead atoms. The number of amides is 1. The van der Waals surface area contributed by atoms with Crippen molar-refractivity contribution in [2.24, 2.45) is 0 Å². The van der Waals surface area contributed by atoms with E-state index >= 15 is 0 Å². The molecule has 1 rings (SSSR count). The van der Waals surface area contributed by atoms with Gasteiger partial charge >= 0.3 is 0 Å². The van der Waals surface area contributed by atoms with Crippen LogP contribution >= 0.6 is 0 Å². The summed E-state index contributed by atoms with van der Waals surface area (Å²) in [4.78, 5) is 14.9. The predicted octanol–water partition coefficient (Wildman–Crippen LogP) is 1.72. The maximum atomic E-state index is 13.7. The van der Waals surface area contributed by atoms with Crippen molar-refractivity contribution in [3.05, 3.63) is 17.9 Å². The monoisotopic (exact) mass is 283 g/mol. The Morgan fingerprint density at radius 3 is 2.55 bits per heavy atom. The number of hydrogen-bond acceptors (Lipinski definition) is 4. The van der Waals surface area contributed by atoms with Crippen molar-refractivity contribution >= 4 is 17.3 Å². The third-order valence-corrected chi connectivity index (χ3v) is 2.83. The summed E-state index contributed by atoms with van der Waals surface area (Å²) in [7, 11) is 5.09. The van der Waals surface area contributed by atoms with Crippen LogP contribution < -0.4 is 15.4 Å². The molecule has 6 heteroatoms. The molecular weight excluding hydrogens is 261 g/mol. The van der Waals surface area contributed by atoms with Gasteiger partial charge in [0.15, 0.2) is 11.6 Å². The zero-order valence-electron chi connectivity index (χ0n) is 12.4. The molecule has 0 spiro atoms. The molecule has 0 aromatic heterocycles. The van der Waals surface area contributed by atoms with Crippen molar-refractivity contribution in [1.82, 2.24) is 4.90 Å². The normalized spacial score (nSPS) is 10.2. The first kappa shape index (κ1) is 16.1. The minimum atomic E-state index is -0.493. The van der Waals surface area contributed by atoms with E-state index in [1.54, 1.807) is 26.0 Å². The fourth-order valence-electron chi connectivity index (χ4n) is 1.64. The number of carbonyl (C=O) groups excluding carboxylic acids is 1. The Kier molecular flexibility index (Phi) is 5.61. The first-order valence-corrected chi connectivity index (χ1v) is 6.50. The summed E-state index contributed by atoms with van der Waals surface area (Å²) < 4.78 is 19.0. The highest BCUT2D eigenvalue weighted by molar-refractivity contribution is 5.83. The Bertz CT molecular complexity index is 478. The molecule has 0 saturated heterocycles. The average molecular weight is 283 g/mol. The van der Waals surface area contributed by atoms with Gasteiger partial charge in [-0.2, -0.15) is 0 Å². The standard InChI is InChI=1S/C14H22FN3O2/c1-5-6-20-13-8-12(11(16)7-10(13)15)18(4)9-14(19)17(2)3/h7-8H,5-6,9,16H2,1-4H3. The summed E-state index contributed by atoms with van der Waals surface area (Å²) >= 11 is 0. The van der Waals surface area contributed by atoms with Crippen molar-refractivity contribution in [3.8, 4) is 5.75 Å². The molecule has 112 valence electrons. The molecule has 0 aliphatic carbocycles. The van der Waals surface area contributed by atoms with Crippen LogP contribution in [0, 0.1) is 5.82 Å². The largest absolute Gasteiger partial charge is 0.490 e. The SMILES string of the molecule is CCCOc1cc(N(C)CC(=O)N(C)C)c(N)cc1F. The van der Waals surface area contributed by atoms with Crippen molar-refractivity contribution < 1.29 is 13.9 Å². The number of carbonyl (C=O) groups is 1. The maximum absolute atomic E-state index is 13.7. The van der Waals surface area contributed by atoms with Gasteiger partial charge < -0.3 is 20.3 Å². The summed E-state index contributed by atoms with van der Waals surface area (Å²) in [6, 6.07) is 2.75. The van der Waals surface area contributed by atoms with E-state index in [2.05, 4.69) is 0 Å². The van der Waals surface area contributed by atoms with Crippen LogP contribution in [0.5, 0.6) is 5.75 Å². The molecule has 1 aromatic carbocycles. The first-order chi connectivity index (χ1) is 9.36. The molecule has 5 nitrogen and oxygen atoms in total. The molecule has 0 fully saturated rings. The van der Waals surface area contributed by atoms with Crippen LogP contribution in [0.4, 0.5) is 15.8 Å². The Morgan fingerprint density at radius 1 is 1.35 bits per heavy atom. The molecule has 0 heterocycles. The Balaban J connectivity index is 2.95. The first-order valence-electron chi connectivity index (χ1n) is 6.50. The molecule has 0 saturated carbocycles. The van der Waals surface area contributed by atoms with Crippen LogP contribution in [0.3, 0.4) is 0 Å². The van der Waals surface area contributed by atoms with Crippen molar-refractivity contribution in [2.45, 2.75) is 13.3 Å². The summed E-state index contributed by atoms with van der Waals surface area (Å²) in [6.07, 6.45) is 0.786. The van der Waals surface area contributed by atoms with Gasteiger partial charge in [-0.05, 0) is 6.42 Å². The number of anilines is 2. The van der Waals surface area contributed by atoms with Crippen LogP contribution in [0.1, 0.15) is 13.3 Å². The molecule has 0 aliphatic heterocycles. The van der Waals surface area contributed by atoms with Crippen LogP contribution in [0.15, 0.2) is 12.1 Å². The van der Waals surface area contributed by atoms with Gasteiger partial charge in [0.25, 0.3) is 0 Å². The third kappa shape index (κ3) is 4.01. The van der Waals surface area contributed by atoms with E-state index in [-0.39, 0.29) is 23.9 Å². The Labute approximate surface area is 119 Å². The minimum absolute atomic E-state index is 0.0627. The molecule has 1 amide bonds. The second-order valence-electron chi connectivity index (χ2n) is 4.83. The molecule has 20 heavy (non-hydrogen) atoms. The zero-order valence-corrected chi connectivity index (χ0v) is 12.4. The number of rotatable bonds is 6. The summed E-state index contributed by atoms with van der Waals surface area (Å²) in [5.74, 6) is -0.403. The van der Waals surface area contributed by atoms with E-state index in [4.69, 9.17) is 10.5 Å². The van der Waals surface area contributed by atoms with E-state index in [0.29, 0.717) is 12.3 Å². The van der Waals surface area contributed by atoms with E-state index < -0.39 is 5.82 Å². The smallest absolute Gasteiger partial charge is 0.241 e. The number of likely N-dealkylation sites (N-methyl/N-ethyl adjacent to an activating group) is 2. The molecule has 2 N–H and O–H groups in total. The maximum Gasteiger partial charge on any atom is 0.241 e. The van der Waals surface area contributed by atoms with Gasteiger partial charge in [-0.25, -0.2) is 4.39 Å². The number of nitrogen functional groups attached to an aromatic ring is 1. The summed E-state index contributed by atoms with van der Waals surface area (Å²) in [5.41, 5.74) is 6.66. The third-order valence-electron chi connectivity index (χ3n) is 2.83. The number of nitrogens with zero attached hydrogens (tertiary/aromatic N) is 2. The highest BCUT2D eigenvalue weighted by Gasteiger charge is 2.15. The summed E-state index contributed by atoms with van der Waals surface area (Å²) in [6.45, 7) is 2.54. The van der Waals surface area contributed by atoms with E-state index in [0.717, 1.165) is 6.42 Å². The van der Waals surface area contributed by atoms with Crippen molar-refractivity contribution in [1.29, 1.82) is 0 Å². The number of halogens is 1. The second kappa shape index (κ2) is 6.98. The quantitative estimate of drug-likeness (QED) is 0.808. The lowest BCUT2D eigenvalue weighted by atomic mass is 10.2. The van der Waals surface area contributed by atoms with Crippen molar-refractivity contribution in [3.63, 3.8) is 0 Å². The van der Waals surface area contributed by atoms with Crippen LogP contribution in [0.25, 0.3) is 0 Å². The van der Waals surface area contributed by atoms with E-state index in [1.807, 2.05) is 6.92 Å². The van der Waals surface area contributed by atoms with Crippen LogP contribution in [-0.2, 0) is 4.79 Å². The zero-order chi connectivity index (χ0) is 15.3. The Morgan fingerprint density at radius 2 is 2.00 bits per heavy atom. The number of hydrogen-bond donors (Lipinski definition) is 1. The van der Waals surface area contributed by atoms with Gasteiger partial charge in [0.1, 0.15) is 0 Å². The van der Waals surface area contributed by atoms with Crippen LogP contribution in [0.2, 0.25) is 0 Å².